The van der Waals surface area contributed by atoms with Crippen molar-refractivity contribution in [1.82, 2.24) is 24.5 Å². The van der Waals surface area contributed by atoms with Crippen LogP contribution in [0.2, 0.25) is 5.28 Å². The monoisotopic (exact) mass is 416 g/mol. The Bertz CT molecular complexity index is 1030. The van der Waals surface area contributed by atoms with Gasteiger partial charge < -0.3 is 5.32 Å². The van der Waals surface area contributed by atoms with Gasteiger partial charge in [0.15, 0.2) is 11.5 Å². The molecule has 0 radical (unpaired) electrons. The van der Waals surface area contributed by atoms with Crippen LogP contribution >= 0.6 is 23.4 Å². The Morgan fingerprint density at radius 1 is 1.21 bits per heavy atom. The minimum absolute atomic E-state index is 0.119. The van der Waals surface area contributed by atoms with Gasteiger partial charge in [0.1, 0.15) is 5.52 Å². The summed E-state index contributed by atoms with van der Waals surface area (Å²) in [5.41, 5.74) is 1.73. The van der Waals surface area contributed by atoms with E-state index in [1.54, 1.807) is 22.5 Å². The van der Waals surface area contributed by atoms with Gasteiger partial charge in [0, 0.05) is 17.1 Å². The van der Waals surface area contributed by atoms with Crippen LogP contribution in [-0.4, -0.2) is 30.3 Å². The summed E-state index contributed by atoms with van der Waals surface area (Å²) in [6, 6.07) is 4.12. The fraction of sp³-hybridized carbons (Fsp3) is 0.421. The van der Waals surface area contributed by atoms with E-state index in [0.29, 0.717) is 23.5 Å². The van der Waals surface area contributed by atoms with Crippen LogP contribution in [0, 0.1) is 0 Å². The minimum Gasteiger partial charge on any atom is -0.360 e. The van der Waals surface area contributed by atoms with Crippen LogP contribution in [0.1, 0.15) is 44.3 Å². The Hall–Kier alpha value is -2.19. The topological polar surface area (TPSA) is 85.6 Å². The molecule has 0 spiro atoms. The summed E-state index contributed by atoms with van der Waals surface area (Å²) in [4.78, 5) is 31.5. The average molecular weight is 417 g/mol. The number of halogens is 1. The highest BCUT2D eigenvalue weighted by atomic mass is 35.5. The molecular formula is C19H21ClN6OS. The van der Waals surface area contributed by atoms with Gasteiger partial charge in [-0.1, -0.05) is 19.8 Å². The lowest BCUT2D eigenvalue weighted by Gasteiger charge is -2.17. The number of aromatic nitrogens is 5. The summed E-state index contributed by atoms with van der Waals surface area (Å²) >= 11 is 7.72. The van der Waals surface area contributed by atoms with Gasteiger partial charge >= 0.3 is 0 Å². The van der Waals surface area contributed by atoms with Crippen molar-refractivity contribution < 1.29 is 0 Å². The van der Waals surface area contributed by atoms with Gasteiger partial charge in [-0.3, -0.25) is 14.3 Å². The van der Waals surface area contributed by atoms with Crippen LogP contribution in [0.25, 0.3) is 11.2 Å². The van der Waals surface area contributed by atoms with E-state index < -0.39 is 0 Å². The smallest absolute Gasteiger partial charge is 0.295 e. The fourth-order valence-corrected chi connectivity index (χ4v) is 4.29. The maximum absolute atomic E-state index is 13.2. The maximum Gasteiger partial charge on any atom is 0.295 e. The lowest BCUT2D eigenvalue weighted by atomic mass is 10.2. The number of hydrogen-bond donors (Lipinski definition) is 1. The molecule has 9 heteroatoms. The lowest BCUT2D eigenvalue weighted by Crippen LogP contribution is -2.28. The summed E-state index contributed by atoms with van der Waals surface area (Å²) < 4.78 is 1.74. The first-order valence-electron chi connectivity index (χ1n) is 9.42. The van der Waals surface area contributed by atoms with E-state index in [1.807, 2.05) is 18.3 Å². The molecule has 146 valence electrons. The van der Waals surface area contributed by atoms with E-state index in [9.17, 15) is 4.79 Å². The van der Waals surface area contributed by atoms with E-state index in [1.165, 1.54) is 0 Å². The molecule has 3 aromatic rings. The van der Waals surface area contributed by atoms with Crippen molar-refractivity contribution in [2.75, 3.05) is 11.1 Å². The maximum atomic E-state index is 13.2. The molecule has 0 aliphatic heterocycles. The van der Waals surface area contributed by atoms with Crippen molar-refractivity contribution in [3.8, 4) is 0 Å². The van der Waals surface area contributed by atoms with Crippen molar-refractivity contribution in [1.29, 1.82) is 0 Å². The van der Waals surface area contributed by atoms with E-state index in [0.717, 1.165) is 42.0 Å². The summed E-state index contributed by atoms with van der Waals surface area (Å²) in [7, 11) is 0. The number of thioether (sulfide) groups is 1. The zero-order valence-electron chi connectivity index (χ0n) is 15.6. The van der Waals surface area contributed by atoms with Crippen molar-refractivity contribution in [2.45, 2.75) is 50.1 Å². The summed E-state index contributed by atoms with van der Waals surface area (Å²) in [5, 5.41) is 3.27. The van der Waals surface area contributed by atoms with Crippen molar-refractivity contribution in [3.05, 3.63) is 45.9 Å². The van der Waals surface area contributed by atoms with Crippen LogP contribution in [0.15, 0.2) is 34.2 Å². The molecule has 7 nitrogen and oxygen atoms in total. The SMILES string of the molecule is CCSc1ccc(CNc2nc3cnc(Cl)nc3n(C3CCCC3)c2=O)nc1. The molecule has 0 aromatic carbocycles. The first kappa shape index (κ1) is 19.1. The normalized spacial score (nSPS) is 14.6. The number of anilines is 1. The van der Waals surface area contributed by atoms with Crippen LogP contribution in [0.3, 0.4) is 0 Å². The highest BCUT2D eigenvalue weighted by Crippen LogP contribution is 2.30. The molecular weight excluding hydrogens is 396 g/mol. The third-order valence-corrected chi connectivity index (χ3v) is 5.88. The fourth-order valence-electron chi connectivity index (χ4n) is 3.54. The Kier molecular flexibility index (Phi) is 5.77. The first-order valence-corrected chi connectivity index (χ1v) is 10.8. The molecule has 1 N–H and O–H groups in total. The molecule has 1 aliphatic rings. The first-order chi connectivity index (χ1) is 13.7. The van der Waals surface area contributed by atoms with E-state index in [-0.39, 0.29) is 16.9 Å². The molecule has 1 saturated carbocycles. The summed E-state index contributed by atoms with van der Waals surface area (Å²) in [6.45, 7) is 2.53. The van der Waals surface area contributed by atoms with Gasteiger partial charge in [-0.15, -0.1) is 11.8 Å². The number of fused-ring (bicyclic) bond motifs is 1. The lowest BCUT2D eigenvalue weighted by molar-refractivity contribution is 0.514. The zero-order valence-corrected chi connectivity index (χ0v) is 17.1. The molecule has 4 rings (SSSR count). The predicted octanol–water partition coefficient (Wildman–Crippen LogP) is 4.07. The van der Waals surface area contributed by atoms with Crippen LogP contribution in [0.5, 0.6) is 0 Å². The second-order valence-corrected chi connectivity index (χ2v) is 8.37. The van der Waals surface area contributed by atoms with Gasteiger partial charge in [-0.2, -0.15) is 4.98 Å². The van der Waals surface area contributed by atoms with Crippen LogP contribution < -0.4 is 10.9 Å². The second-order valence-electron chi connectivity index (χ2n) is 6.69. The third-order valence-electron chi connectivity index (χ3n) is 4.84. The van der Waals surface area contributed by atoms with Crippen molar-refractivity contribution >= 4 is 40.3 Å². The molecule has 3 aromatic heterocycles. The largest absolute Gasteiger partial charge is 0.360 e. The van der Waals surface area contributed by atoms with Gasteiger partial charge in [0.2, 0.25) is 5.28 Å². The Morgan fingerprint density at radius 3 is 2.75 bits per heavy atom. The number of hydrogen-bond acceptors (Lipinski definition) is 7. The molecule has 1 fully saturated rings. The Labute approximate surface area is 172 Å². The van der Waals surface area contributed by atoms with Gasteiger partial charge in [0.25, 0.3) is 5.56 Å². The molecule has 3 heterocycles. The van der Waals surface area contributed by atoms with Crippen molar-refractivity contribution in [2.24, 2.45) is 0 Å². The molecule has 0 saturated heterocycles. The molecule has 28 heavy (non-hydrogen) atoms. The Morgan fingerprint density at radius 2 is 2.04 bits per heavy atom. The third kappa shape index (κ3) is 3.98. The van der Waals surface area contributed by atoms with Crippen molar-refractivity contribution in [3.63, 3.8) is 0 Å². The van der Waals surface area contributed by atoms with E-state index >= 15 is 0 Å². The van der Waals surface area contributed by atoms with Crippen LogP contribution in [0.4, 0.5) is 5.82 Å². The minimum atomic E-state index is -0.174. The van der Waals surface area contributed by atoms with Gasteiger partial charge in [0.05, 0.1) is 18.4 Å². The number of rotatable bonds is 6. The molecule has 1 aliphatic carbocycles. The quantitative estimate of drug-likeness (QED) is 0.478. The van der Waals surface area contributed by atoms with Gasteiger partial charge in [-0.05, 0) is 42.3 Å². The Balaban J connectivity index is 1.66. The number of nitrogens with zero attached hydrogens (tertiary/aromatic N) is 5. The summed E-state index contributed by atoms with van der Waals surface area (Å²) in [5.74, 6) is 1.30. The second kappa shape index (κ2) is 8.45. The molecule has 0 amide bonds. The molecule has 0 unspecified atom stereocenters. The number of nitrogens with one attached hydrogen (secondary N) is 1. The molecule has 0 atom stereocenters. The van der Waals surface area contributed by atoms with E-state index in [4.69, 9.17) is 11.6 Å². The number of pyridine rings is 1. The molecule has 0 bridgehead atoms. The predicted molar refractivity (Wildman–Crippen MR) is 112 cm³/mol. The standard InChI is InChI=1S/C19H21ClN6OS/c1-2-28-14-8-7-12(21-10-14)9-22-16-18(27)26(13-5-3-4-6-13)17-15(24-16)11-23-19(20)25-17/h7-8,10-11,13H,2-6,9H2,1H3,(H,22,24). The zero-order chi connectivity index (χ0) is 19.5. The highest BCUT2D eigenvalue weighted by molar-refractivity contribution is 7.99. The van der Waals surface area contributed by atoms with Crippen LogP contribution in [-0.2, 0) is 6.54 Å². The highest BCUT2D eigenvalue weighted by Gasteiger charge is 2.23. The van der Waals surface area contributed by atoms with Gasteiger partial charge in [-0.25, -0.2) is 9.97 Å². The average Bonchev–Trinajstić information content (AvgIpc) is 3.22. The van der Waals surface area contributed by atoms with E-state index in [2.05, 4.69) is 32.2 Å². The summed E-state index contributed by atoms with van der Waals surface area (Å²) in [6.07, 6.45) is 7.54.